The molecule has 154 valence electrons. The molecule has 0 atom stereocenters. The summed E-state index contributed by atoms with van der Waals surface area (Å²) in [5, 5.41) is 3.96. The molecular weight excluding hydrogens is 524 g/mol. The summed E-state index contributed by atoms with van der Waals surface area (Å²) < 4.78 is 28.7. The van der Waals surface area contributed by atoms with Crippen LogP contribution in [0.3, 0.4) is 0 Å². The number of piperazine rings is 1. The highest BCUT2D eigenvalue weighted by Crippen LogP contribution is 2.20. The van der Waals surface area contributed by atoms with Gasteiger partial charge in [-0.25, -0.2) is 13.8 Å². The molecule has 1 saturated heterocycles. The molecule has 0 aliphatic carbocycles. The molecule has 1 aliphatic heterocycles. The molecule has 0 saturated carbocycles. The second-order valence-corrected chi connectivity index (χ2v) is 10.2. The Balaban J connectivity index is 1.47. The van der Waals surface area contributed by atoms with Crippen molar-refractivity contribution in [1.29, 1.82) is 0 Å². The number of carbonyl (C=O) groups is 1. The van der Waals surface area contributed by atoms with Crippen LogP contribution in [0.15, 0.2) is 67.5 Å². The van der Waals surface area contributed by atoms with Crippen molar-refractivity contribution in [3.63, 3.8) is 0 Å². The fraction of sp³-hybridized carbons (Fsp3) is 0.263. The molecule has 1 amide bonds. The van der Waals surface area contributed by atoms with Crippen LogP contribution in [-0.2, 0) is 14.8 Å². The largest absolute Gasteiger partial charge is 0.292 e. The average molecular weight is 544 g/mol. The topological polar surface area (TPSA) is 82.1 Å². The van der Waals surface area contributed by atoms with E-state index in [0.717, 1.165) is 14.5 Å². The molecule has 1 fully saturated rings. The van der Waals surface area contributed by atoms with Gasteiger partial charge in [-0.2, -0.15) is 9.41 Å². The van der Waals surface area contributed by atoms with Gasteiger partial charge in [0, 0.05) is 35.1 Å². The third kappa shape index (κ3) is 6.19. The monoisotopic (exact) mass is 542 g/mol. The highest BCUT2D eigenvalue weighted by Gasteiger charge is 2.28. The van der Waals surface area contributed by atoms with Gasteiger partial charge < -0.3 is 0 Å². The van der Waals surface area contributed by atoms with Crippen LogP contribution in [0.1, 0.15) is 5.56 Å². The van der Waals surface area contributed by atoms with Crippen molar-refractivity contribution in [3.8, 4) is 0 Å². The number of nitrogens with one attached hydrogen (secondary N) is 1. The molecule has 10 heteroatoms. The average Bonchev–Trinajstić information content (AvgIpc) is 2.70. The zero-order valence-electron chi connectivity index (χ0n) is 15.5. The van der Waals surface area contributed by atoms with E-state index in [4.69, 9.17) is 0 Å². The molecule has 2 aromatic rings. The smallest absolute Gasteiger partial charge is 0.254 e. The van der Waals surface area contributed by atoms with Gasteiger partial charge in [0.15, 0.2) is 0 Å². The van der Waals surface area contributed by atoms with Crippen molar-refractivity contribution in [3.05, 3.63) is 63.0 Å². The lowest BCUT2D eigenvalue weighted by molar-refractivity contribution is -0.122. The number of amides is 1. The minimum Gasteiger partial charge on any atom is -0.292 e. The van der Waals surface area contributed by atoms with Gasteiger partial charge >= 0.3 is 0 Å². The van der Waals surface area contributed by atoms with Crippen molar-refractivity contribution in [1.82, 2.24) is 14.6 Å². The molecule has 3 rings (SSSR count). The standard InChI is InChI=1S/C19H20Br2N4O3S/c20-16-3-1-15(2-4-16)13-22-23-19(26)14-24-9-11-25(12-10-24)29(27,28)18-7-5-17(21)6-8-18/h1-8,13H,9-12,14H2,(H,23,26)/b22-13+. The lowest BCUT2D eigenvalue weighted by Gasteiger charge is -2.33. The normalized spacial score (nSPS) is 16.2. The fourth-order valence-corrected chi connectivity index (χ4v) is 4.80. The van der Waals surface area contributed by atoms with E-state index in [0.29, 0.717) is 26.2 Å². The lowest BCUT2D eigenvalue weighted by atomic mass is 10.2. The minimum absolute atomic E-state index is 0.170. The van der Waals surface area contributed by atoms with Crippen LogP contribution in [0.5, 0.6) is 0 Å². The molecule has 0 radical (unpaired) electrons. The summed E-state index contributed by atoms with van der Waals surface area (Å²) in [4.78, 5) is 14.3. The van der Waals surface area contributed by atoms with Gasteiger partial charge in [0.1, 0.15) is 0 Å². The quantitative estimate of drug-likeness (QED) is 0.448. The van der Waals surface area contributed by atoms with Crippen LogP contribution in [-0.4, -0.2) is 62.5 Å². The highest BCUT2D eigenvalue weighted by atomic mass is 79.9. The Kier molecular flexibility index (Phi) is 7.58. The maximum Gasteiger partial charge on any atom is 0.254 e. The second-order valence-electron chi connectivity index (χ2n) is 6.48. The SMILES string of the molecule is O=C(CN1CCN(S(=O)(=O)c2ccc(Br)cc2)CC1)N/N=C/c1ccc(Br)cc1. The number of hydrogen-bond acceptors (Lipinski definition) is 5. The molecule has 0 bridgehead atoms. The molecule has 1 N–H and O–H groups in total. The molecular formula is C19H20Br2N4O3S. The van der Waals surface area contributed by atoms with E-state index in [2.05, 4.69) is 42.4 Å². The van der Waals surface area contributed by atoms with Gasteiger partial charge in [0.05, 0.1) is 17.7 Å². The van der Waals surface area contributed by atoms with Gasteiger partial charge in [-0.1, -0.05) is 44.0 Å². The predicted molar refractivity (Wildman–Crippen MR) is 119 cm³/mol. The van der Waals surface area contributed by atoms with Gasteiger partial charge in [-0.3, -0.25) is 9.69 Å². The third-order valence-corrected chi connectivity index (χ3v) is 7.39. The first-order valence-corrected chi connectivity index (χ1v) is 11.9. The second kappa shape index (κ2) is 9.94. The Morgan fingerprint density at radius 2 is 1.52 bits per heavy atom. The fourth-order valence-electron chi connectivity index (χ4n) is 2.85. The van der Waals surface area contributed by atoms with Crippen molar-refractivity contribution in [2.45, 2.75) is 4.90 Å². The van der Waals surface area contributed by atoms with Crippen molar-refractivity contribution >= 4 is 54.0 Å². The Bertz CT molecular complexity index is 972. The van der Waals surface area contributed by atoms with E-state index in [1.54, 1.807) is 30.5 Å². The summed E-state index contributed by atoms with van der Waals surface area (Å²) in [6.45, 7) is 1.82. The van der Waals surface area contributed by atoms with Crippen molar-refractivity contribution < 1.29 is 13.2 Å². The van der Waals surface area contributed by atoms with E-state index < -0.39 is 10.0 Å². The van der Waals surface area contributed by atoms with Gasteiger partial charge in [0.2, 0.25) is 10.0 Å². The number of halogens is 2. The van der Waals surface area contributed by atoms with Crippen LogP contribution >= 0.6 is 31.9 Å². The molecule has 7 nitrogen and oxygen atoms in total. The van der Waals surface area contributed by atoms with E-state index >= 15 is 0 Å². The molecule has 1 aliphatic rings. The summed E-state index contributed by atoms with van der Waals surface area (Å²) in [5.41, 5.74) is 3.38. The first-order valence-electron chi connectivity index (χ1n) is 8.90. The summed E-state index contributed by atoms with van der Waals surface area (Å²) in [6.07, 6.45) is 1.58. The minimum atomic E-state index is -3.52. The third-order valence-electron chi connectivity index (χ3n) is 4.42. The van der Waals surface area contributed by atoms with Gasteiger partial charge in [0.25, 0.3) is 5.91 Å². The number of benzene rings is 2. The van der Waals surface area contributed by atoms with E-state index in [-0.39, 0.29) is 17.3 Å². The van der Waals surface area contributed by atoms with Crippen LogP contribution in [0, 0.1) is 0 Å². The van der Waals surface area contributed by atoms with Crippen molar-refractivity contribution in [2.24, 2.45) is 5.10 Å². The van der Waals surface area contributed by atoms with Crippen LogP contribution in [0.2, 0.25) is 0 Å². The first-order chi connectivity index (χ1) is 13.8. The van der Waals surface area contributed by atoms with Crippen LogP contribution in [0.4, 0.5) is 0 Å². The number of carbonyl (C=O) groups excluding carboxylic acids is 1. The molecule has 0 aromatic heterocycles. The highest BCUT2D eigenvalue weighted by molar-refractivity contribution is 9.10. The van der Waals surface area contributed by atoms with Crippen LogP contribution in [0.25, 0.3) is 0 Å². The molecule has 0 unspecified atom stereocenters. The Hall–Kier alpha value is -1.59. The summed E-state index contributed by atoms with van der Waals surface area (Å²) in [7, 11) is -3.52. The Morgan fingerprint density at radius 1 is 0.966 bits per heavy atom. The van der Waals surface area contributed by atoms with Gasteiger partial charge in [-0.05, 0) is 42.0 Å². The Morgan fingerprint density at radius 3 is 2.10 bits per heavy atom. The van der Waals surface area contributed by atoms with Gasteiger partial charge in [-0.15, -0.1) is 0 Å². The maximum absolute atomic E-state index is 12.7. The summed E-state index contributed by atoms with van der Waals surface area (Å²) in [6, 6.07) is 14.1. The van der Waals surface area contributed by atoms with Crippen molar-refractivity contribution in [2.75, 3.05) is 32.7 Å². The zero-order valence-corrected chi connectivity index (χ0v) is 19.5. The zero-order chi connectivity index (χ0) is 20.9. The molecule has 1 heterocycles. The maximum atomic E-state index is 12.7. The number of rotatable bonds is 6. The lowest BCUT2D eigenvalue weighted by Crippen LogP contribution is -2.50. The van der Waals surface area contributed by atoms with E-state index in [1.165, 1.54) is 4.31 Å². The molecule has 0 spiro atoms. The number of nitrogens with zero attached hydrogens (tertiary/aromatic N) is 3. The Labute approximate surface area is 187 Å². The molecule has 2 aromatic carbocycles. The first kappa shape index (κ1) is 22.1. The summed E-state index contributed by atoms with van der Waals surface area (Å²) >= 11 is 6.67. The van der Waals surface area contributed by atoms with Crippen LogP contribution < -0.4 is 5.43 Å². The van der Waals surface area contributed by atoms with E-state index in [9.17, 15) is 13.2 Å². The number of sulfonamides is 1. The molecule has 29 heavy (non-hydrogen) atoms. The van der Waals surface area contributed by atoms with E-state index in [1.807, 2.05) is 29.2 Å². The summed E-state index contributed by atoms with van der Waals surface area (Å²) in [5.74, 6) is -0.234. The number of hydrazone groups is 1. The predicted octanol–water partition coefficient (Wildman–Crippen LogP) is 2.67. The number of hydrogen-bond donors (Lipinski definition) is 1.